The van der Waals surface area contributed by atoms with Crippen LogP contribution in [0.25, 0.3) is 0 Å². The first-order valence-corrected chi connectivity index (χ1v) is 9.17. The number of fused-ring (bicyclic) bond motifs is 2. The highest BCUT2D eigenvalue weighted by Gasteiger charge is 2.57. The fourth-order valence-corrected chi connectivity index (χ4v) is 4.69. The van der Waals surface area contributed by atoms with E-state index in [0.717, 1.165) is 19.4 Å². The molecule has 25 heavy (non-hydrogen) atoms. The molecular formula is C19H25N3O3. The van der Waals surface area contributed by atoms with Crippen LogP contribution in [0.15, 0.2) is 30.3 Å². The van der Waals surface area contributed by atoms with E-state index in [4.69, 9.17) is 4.74 Å². The van der Waals surface area contributed by atoms with Crippen molar-refractivity contribution >= 4 is 11.8 Å². The Hall–Kier alpha value is -1.92. The maximum Gasteiger partial charge on any atom is 0.253 e. The van der Waals surface area contributed by atoms with E-state index >= 15 is 0 Å². The van der Waals surface area contributed by atoms with E-state index in [9.17, 15) is 9.59 Å². The van der Waals surface area contributed by atoms with E-state index in [0.29, 0.717) is 38.4 Å². The average Bonchev–Trinajstić information content (AvgIpc) is 2.89. The second-order valence-corrected chi connectivity index (χ2v) is 7.00. The van der Waals surface area contributed by atoms with Crippen LogP contribution in [0.5, 0.6) is 0 Å². The highest BCUT2D eigenvalue weighted by Crippen LogP contribution is 2.41. The fourth-order valence-electron chi connectivity index (χ4n) is 4.69. The Labute approximate surface area is 148 Å². The smallest absolute Gasteiger partial charge is 0.253 e. The molecule has 6 nitrogen and oxygen atoms in total. The first-order valence-electron chi connectivity index (χ1n) is 9.17. The lowest BCUT2D eigenvalue weighted by atomic mass is 9.96. The van der Waals surface area contributed by atoms with Gasteiger partial charge in [0.05, 0.1) is 13.2 Å². The molecule has 1 spiro atoms. The van der Waals surface area contributed by atoms with E-state index in [1.807, 2.05) is 47.1 Å². The predicted molar refractivity (Wildman–Crippen MR) is 93.0 cm³/mol. The van der Waals surface area contributed by atoms with Crippen LogP contribution in [0.2, 0.25) is 0 Å². The van der Waals surface area contributed by atoms with E-state index in [1.54, 1.807) is 0 Å². The summed E-state index contributed by atoms with van der Waals surface area (Å²) in [6.07, 6.45) is 1.71. The number of rotatable bonds is 2. The minimum absolute atomic E-state index is 0.0176. The van der Waals surface area contributed by atoms with Gasteiger partial charge in [0.25, 0.3) is 5.91 Å². The molecule has 134 valence electrons. The molecule has 0 N–H and O–H groups in total. The van der Waals surface area contributed by atoms with Crippen molar-refractivity contribution in [2.24, 2.45) is 0 Å². The number of nitrogens with zero attached hydrogens (tertiary/aromatic N) is 3. The van der Waals surface area contributed by atoms with Crippen molar-refractivity contribution < 1.29 is 14.3 Å². The zero-order valence-electron chi connectivity index (χ0n) is 14.7. The summed E-state index contributed by atoms with van der Waals surface area (Å²) in [7, 11) is 0. The summed E-state index contributed by atoms with van der Waals surface area (Å²) in [6, 6.07) is 9.11. The number of ether oxygens (including phenoxy) is 1. The number of hydrogen-bond acceptors (Lipinski definition) is 4. The van der Waals surface area contributed by atoms with Crippen LogP contribution in [0.3, 0.4) is 0 Å². The molecule has 4 rings (SSSR count). The van der Waals surface area contributed by atoms with Crippen molar-refractivity contribution in [1.82, 2.24) is 14.7 Å². The first kappa shape index (κ1) is 16.5. The molecule has 2 amide bonds. The van der Waals surface area contributed by atoms with Gasteiger partial charge in [-0.2, -0.15) is 0 Å². The summed E-state index contributed by atoms with van der Waals surface area (Å²) in [5.74, 6) is 0.180. The molecule has 6 heteroatoms. The van der Waals surface area contributed by atoms with Crippen LogP contribution in [0.1, 0.15) is 30.1 Å². The largest absolute Gasteiger partial charge is 0.381 e. The molecule has 0 aliphatic carbocycles. The van der Waals surface area contributed by atoms with Crippen LogP contribution >= 0.6 is 0 Å². The summed E-state index contributed by atoms with van der Waals surface area (Å²) < 4.78 is 5.55. The van der Waals surface area contributed by atoms with Gasteiger partial charge in [-0.15, -0.1) is 0 Å². The number of carbonyl (C=O) groups excluding carboxylic acids is 2. The standard InChI is InChI=1S/C19H25N3O3/c1-2-21-18(24)16-14-20(17(23)15-6-4-3-5-7-15)10-11-22(16)19(21)8-12-25-13-9-19/h3-7,16H,2,8-14H2,1H3/t16-/m1/s1. The molecule has 3 aliphatic rings. The molecule has 1 atom stereocenters. The lowest BCUT2D eigenvalue weighted by Crippen LogP contribution is -2.62. The molecular weight excluding hydrogens is 318 g/mol. The summed E-state index contributed by atoms with van der Waals surface area (Å²) in [6.45, 7) is 6.02. The van der Waals surface area contributed by atoms with Gasteiger partial charge in [-0.3, -0.25) is 14.5 Å². The SMILES string of the molecule is CCN1C(=O)[C@H]2CN(C(=O)c3ccccc3)CCN2C12CCOCC2. The monoisotopic (exact) mass is 343 g/mol. The third-order valence-corrected chi connectivity index (χ3v) is 5.89. The molecule has 0 unspecified atom stereocenters. The Morgan fingerprint density at radius 1 is 1.20 bits per heavy atom. The highest BCUT2D eigenvalue weighted by molar-refractivity contribution is 5.95. The van der Waals surface area contributed by atoms with Gasteiger partial charge >= 0.3 is 0 Å². The van der Waals surface area contributed by atoms with Gasteiger partial charge in [-0.05, 0) is 19.1 Å². The molecule has 0 aromatic heterocycles. The molecule has 1 aromatic carbocycles. The minimum Gasteiger partial charge on any atom is -0.381 e. The molecule has 3 saturated heterocycles. The van der Waals surface area contributed by atoms with E-state index in [-0.39, 0.29) is 23.5 Å². The third-order valence-electron chi connectivity index (χ3n) is 5.89. The number of benzene rings is 1. The zero-order chi connectivity index (χ0) is 17.4. The van der Waals surface area contributed by atoms with Gasteiger partial charge in [0, 0.05) is 44.6 Å². The van der Waals surface area contributed by atoms with Crippen molar-refractivity contribution in [2.75, 3.05) is 39.4 Å². The Kier molecular flexibility index (Phi) is 4.25. The van der Waals surface area contributed by atoms with E-state index < -0.39 is 0 Å². The Morgan fingerprint density at radius 2 is 1.92 bits per heavy atom. The highest BCUT2D eigenvalue weighted by atomic mass is 16.5. The lowest BCUT2D eigenvalue weighted by Gasteiger charge is -2.48. The Bertz CT molecular complexity index is 657. The van der Waals surface area contributed by atoms with Gasteiger partial charge in [-0.1, -0.05) is 18.2 Å². The second kappa shape index (κ2) is 6.42. The maximum atomic E-state index is 13.1. The van der Waals surface area contributed by atoms with Crippen molar-refractivity contribution in [3.8, 4) is 0 Å². The summed E-state index contributed by atoms with van der Waals surface area (Å²) in [5.41, 5.74) is 0.478. The first-order chi connectivity index (χ1) is 12.2. The molecule has 0 bridgehead atoms. The zero-order valence-corrected chi connectivity index (χ0v) is 14.7. The van der Waals surface area contributed by atoms with Gasteiger partial charge in [0.2, 0.25) is 5.91 Å². The molecule has 3 fully saturated rings. The van der Waals surface area contributed by atoms with Gasteiger partial charge in [0.15, 0.2) is 0 Å². The van der Waals surface area contributed by atoms with E-state index in [2.05, 4.69) is 4.90 Å². The summed E-state index contributed by atoms with van der Waals surface area (Å²) >= 11 is 0. The molecule has 3 aliphatic heterocycles. The van der Waals surface area contributed by atoms with Crippen molar-refractivity contribution in [3.63, 3.8) is 0 Å². The Balaban J connectivity index is 1.57. The predicted octanol–water partition coefficient (Wildman–Crippen LogP) is 1.18. The fraction of sp³-hybridized carbons (Fsp3) is 0.579. The Morgan fingerprint density at radius 3 is 2.60 bits per heavy atom. The average molecular weight is 343 g/mol. The van der Waals surface area contributed by atoms with Crippen molar-refractivity contribution in [1.29, 1.82) is 0 Å². The van der Waals surface area contributed by atoms with Crippen LogP contribution in [0.4, 0.5) is 0 Å². The van der Waals surface area contributed by atoms with Crippen LogP contribution in [-0.2, 0) is 9.53 Å². The van der Waals surface area contributed by atoms with E-state index in [1.165, 1.54) is 0 Å². The number of hydrogen-bond donors (Lipinski definition) is 0. The molecule has 0 saturated carbocycles. The molecule has 0 radical (unpaired) electrons. The third kappa shape index (κ3) is 2.55. The summed E-state index contributed by atoms with van der Waals surface area (Å²) in [5, 5.41) is 0. The quantitative estimate of drug-likeness (QED) is 0.809. The van der Waals surface area contributed by atoms with Crippen LogP contribution in [0, 0.1) is 0 Å². The maximum absolute atomic E-state index is 13.1. The van der Waals surface area contributed by atoms with Crippen molar-refractivity contribution in [3.05, 3.63) is 35.9 Å². The molecule has 3 heterocycles. The van der Waals surface area contributed by atoms with Crippen LogP contribution < -0.4 is 0 Å². The van der Waals surface area contributed by atoms with Gasteiger partial charge in [-0.25, -0.2) is 0 Å². The van der Waals surface area contributed by atoms with Gasteiger partial charge in [0.1, 0.15) is 11.7 Å². The number of likely N-dealkylation sites (N-methyl/N-ethyl adjacent to an activating group) is 1. The van der Waals surface area contributed by atoms with Crippen LogP contribution in [-0.4, -0.2) is 77.6 Å². The molecule has 1 aromatic rings. The normalized spacial score (nSPS) is 26.1. The topological polar surface area (TPSA) is 53.1 Å². The summed E-state index contributed by atoms with van der Waals surface area (Å²) in [4.78, 5) is 32.0. The minimum atomic E-state index is -0.223. The second-order valence-electron chi connectivity index (χ2n) is 7.00. The van der Waals surface area contributed by atoms with Crippen molar-refractivity contribution in [2.45, 2.75) is 31.5 Å². The number of piperazine rings is 1. The lowest BCUT2D eigenvalue weighted by molar-refractivity contribution is -0.135. The van der Waals surface area contributed by atoms with Gasteiger partial charge < -0.3 is 14.5 Å². The number of carbonyl (C=O) groups is 2. The number of amides is 2.